The van der Waals surface area contributed by atoms with Gasteiger partial charge in [0.25, 0.3) is 0 Å². The molecule has 0 saturated heterocycles. The predicted octanol–water partition coefficient (Wildman–Crippen LogP) is 3.12. The zero-order valence-electron chi connectivity index (χ0n) is 10.1. The number of hydrogen-bond acceptors (Lipinski definition) is 3. The first kappa shape index (κ1) is 13.6. The number of carboxylic acids is 1. The zero-order valence-corrected chi connectivity index (χ0v) is 11.0. The lowest BCUT2D eigenvalue weighted by Gasteiger charge is -2.24. The Morgan fingerprint density at radius 3 is 2.76 bits per heavy atom. The van der Waals surface area contributed by atoms with Gasteiger partial charge in [-0.15, -0.1) is 18.3 Å². The summed E-state index contributed by atoms with van der Waals surface area (Å²) in [4.78, 5) is 14.1. The number of aromatic carboxylic acids is 1. The van der Waals surface area contributed by atoms with E-state index in [1.807, 2.05) is 36.3 Å². The molecule has 0 unspecified atom stereocenters. The lowest BCUT2D eigenvalue weighted by molar-refractivity contribution is 0.0694. The van der Waals surface area contributed by atoms with Crippen molar-refractivity contribution in [3.8, 4) is 0 Å². The molecule has 1 aromatic rings. The van der Waals surface area contributed by atoms with E-state index >= 15 is 0 Å². The van der Waals surface area contributed by atoms with Crippen LogP contribution in [0.2, 0.25) is 0 Å². The molecule has 92 valence electrons. The smallest absolute Gasteiger partial charge is 0.338 e. The number of carboxylic acid groups (broad SMARTS) is 1. The summed E-state index contributed by atoms with van der Waals surface area (Å²) in [5.74, 6) is -0.882. The van der Waals surface area contributed by atoms with Gasteiger partial charge >= 0.3 is 5.97 Å². The van der Waals surface area contributed by atoms with Crippen LogP contribution in [0.3, 0.4) is 0 Å². The molecule has 0 aliphatic rings. The molecule has 0 atom stereocenters. The molecular weight excluding hydrogens is 234 g/mol. The quantitative estimate of drug-likeness (QED) is 0.623. The lowest BCUT2D eigenvalue weighted by atomic mass is 10.1. The third-order valence-corrected chi connectivity index (χ3v) is 3.29. The Kier molecular flexibility index (Phi) is 5.10. The summed E-state index contributed by atoms with van der Waals surface area (Å²) < 4.78 is 0. The van der Waals surface area contributed by atoms with E-state index in [2.05, 4.69) is 6.58 Å². The number of rotatable bonds is 6. The number of anilines is 1. The van der Waals surface area contributed by atoms with E-state index in [1.54, 1.807) is 6.08 Å². The van der Waals surface area contributed by atoms with Crippen LogP contribution in [0.5, 0.6) is 0 Å². The summed E-state index contributed by atoms with van der Waals surface area (Å²) in [7, 11) is 0. The van der Waals surface area contributed by atoms with Crippen LogP contribution in [0.1, 0.15) is 17.3 Å². The van der Waals surface area contributed by atoms with E-state index in [9.17, 15) is 9.90 Å². The van der Waals surface area contributed by atoms with E-state index in [1.165, 1.54) is 11.8 Å². The Morgan fingerprint density at radius 2 is 2.29 bits per heavy atom. The maximum absolute atomic E-state index is 11.4. The van der Waals surface area contributed by atoms with Crippen LogP contribution in [0.15, 0.2) is 35.7 Å². The van der Waals surface area contributed by atoms with Crippen LogP contribution >= 0.6 is 11.8 Å². The third kappa shape index (κ3) is 3.03. The van der Waals surface area contributed by atoms with Gasteiger partial charge in [0.05, 0.1) is 11.3 Å². The van der Waals surface area contributed by atoms with Gasteiger partial charge in [-0.25, -0.2) is 4.79 Å². The minimum absolute atomic E-state index is 0.378. The van der Waals surface area contributed by atoms with Crippen molar-refractivity contribution in [3.63, 3.8) is 0 Å². The Bertz CT molecular complexity index is 418. The number of benzene rings is 1. The molecule has 0 radical (unpaired) electrons. The molecule has 4 heteroatoms. The fraction of sp³-hybridized carbons (Fsp3) is 0.308. The number of thioether (sulfide) groups is 1. The van der Waals surface area contributed by atoms with E-state index in [4.69, 9.17) is 0 Å². The Morgan fingerprint density at radius 1 is 1.59 bits per heavy atom. The normalized spacial score (nSPS) is 10.0. The van der Waals surface area contributed by atoms with Crippen molar-refractivity contribution in [2.75, 3.05) is 24.2 Å². The van der Waals surface area contributed by atoms with Gasteiger partial charge in [-0.1, -0.05) is 12.1 Å². The van der Waals surface area contributed by atoms with Crippen LogP contribution in [-0.4, -0.2) is 30.4 Å². The number of nitrogens with zero attached hydrogens (tertiary/aromatic N) is 1. The minimum atomic E-state index is -0.882. The van der Waals surface area contributed by atoms with Crippen LogP contribution in [0.4, 0.5) is 5.69 Å². The van der Waals surface area contributed by atoms with Crippen LogP contribution < -0.4 is 4.90 Å². The van der Waals surface area contributed by atoms with Gasteiger partial charge in [0.2, 0.25) is 0 Å². The molecule has 0 aliphatic carbocycles. The number of carbonyl (C=O) groups is 1. The van der Waals surface area contributed by atoms with Gasteiger partial charge in [0.15, 0.2) is 0 Å². The van der Waals surface area contributed by atoms with Gasteiger partial charge in [0.1, 0.15) is 0 Å². The Hall–Kier alpha value is -1.42. The fourth-order valence-electron chi connectivity index (χ4n) is 1.72. The first-order chi connectivity index (χ1) is 8.15. The topological polar surface area (TPSA) is 40.5 Å². The van der Waals surface area contributed by atoms with Crippen molar-refractivity contribution < 1.29 is 9.90 Å². The highest BCUT2D eigenvalue weighted by atomic mass is 32.2. The second-order valence-corrected chi connectivity index (χ2v) is 4.33. The molecule has 0 saturated carbocycles. The lowest BCUT2D eigenvalue weighted by Crippen LogP contribution is -2.25. The highest BCUT2D eigenvalue weighted by Gasteiger charge is 2.18. The van der Waals surface area contributed by atoms with Crippen molar-refractivity contribution in [2.24, 2.45) is 0 Å². The molecule has 0 aromatic heterocycles. The summed E-state index contributed by atoms with van der Waals surface area (Å²) in [6.45, 7) is 7.10. The van der Waals surface area contributed by atoms with Crippen LogP contribution in [-0.2, 0) is 0 Å². The third-order valence-electron chi connectivity index (χ3n) is 2.51. The summed E-state index contributed by atoms with van der Waals surface area (Å²) in [6.07, 6.45) is 3.66. The molecular formula is C13H17NO2S. The SMILES string of the molecule is C=CCN(CC)c1cccc(SC)c1C(=O)O. The zero-order chi connectivity index (χ0) is 12.8. The van der Waals surface area contributed by atoms with Crippen molar-refractivity contribution in [1.29, 1.82) is 0 Å². The average molecular weight is 251 g/mol. The van der Waals surface area contributed by atoms with Crippen LogP contribution in [0.25, 0.3) is 0 Å². The highest BCUT2D eigenvalue weighted by Crippen LogP contribution is 2.29. The van der Waals surface area contributed by atoms with Gasteiger partial charge in [0, 0.05) is 18.0 Å². The summed E-state index contributed by atoms with van der Waals surface area (Å²) in [6, 6.07) is 5.56. The Balaban J connectivity index is 3.30. The van der Waals surface area contributed by atoms with E-state index in [-0.39, 0.29) is 0 Å². The molecule has 1 rings (SSSR count). The first-order valence-electron chi connectivity index (χ1n) is 5.41. The molecule has 0 bridgehead atoms. The largest absolute Gasteiger partial charge is 0.478 e. The predicted molar refractivity (Wildman–Crippen MR) is 73.3 cm³/mol. The standard InChI is InChI=1S/C13H17NO2S/c1-4-9-14(5-2)10-7-6-8-11(17-3)12(10)13(15)16/h4,6-8H,1,5,9H2,2-3H3,(H,15,16). The summed E-state index contributed by atoms with van der Waals surface area (Å²) >= 11 is 1.45. The highest BCUT2D eigenvalue weighted by molar-refractivity contribution is 7.98. The van der Waals surface area contributed by atoms with Gasteiger partial charge in [-0.2, -0.15) is 0 Å². The van der Waals surface area contributed by atoms with Gasteiger partial charge in [-0.05, 0) is 25.3 Å². The average Bonchev–Trinajstić information content (AvgIpc) is 2.34. The second-order valence-electron chi connectivity index (χ2n) is 3.49. The second kappa shape index (κ2) is 6.35. The summed E-state index contributed by atoms with van der Waals surface area (Å²) in [5, 5.41) is 9.32. The Labute approximate surface area is 106 Å². The monoisotopic (exact) mass is 251 g/mol. The van der Waals surface area contributed by atoms with Gasteiger partial charge < -0.3 is 10.0 Å². The van der Waals surface area contributed by atoms with Crippen molar-refractivity contribution in [3.05, 3.63) is 36.4 Å². The molecule has 0 amide bonds. The molecule has 17 heavy (non-hydrogen) atoms. The molecule has 0 fully saturated rings. The molecule has 1 aromatic carbocycles. The fourth-order valence-corrected chi connectivity index (χ4v) is 2.33. The molecule has 0 aliphatic heterocycles. The van der Waals surface area contributed by atoms with Crippen molar-refractivity contribution >= 4 is 23.4 Å². The van der Waals surface area contributed by atoms with Crippen LogP contribution in [0, 0.1) is 0 Å². The maximum atomic E-state index is 11.4. The van der Waals surface area contributed by atoms with Gasteiger partial charge in [-0.3, -0.25) is 0 Å². The number of hydrogen-bond donors (Lipinski definition) is 1. The molecule has 0 spiro atoms. The number of likely N-dealkylation sites (N-methyl/N-ethyl adjacent to an activating group) is 1. The maximum Gasteiger partial charge on any atom is 0.338 e. The van der Waals surface area contributed by atoms with E-state index < -0.39 is 5.97 Å². The van der Waals surface area contributed by atoms with Crippen molar-refractivity contribution in [2.45, 2.75) is 11.8 Å². The van der Waals surface area contributed by atoms with Crippen molar-refractivity contribution in [1.82, 2.24) is 0 Å². The van der Waals surface area contributed by atoms with E-state index in [0.717, 1.165) is 17.1 Å². The molecule has 1 N–H and O–H groups in total. The first-order valence-corrected chi connectivity index (χ1v) is 6.64. The summed E-state index contributed by atoms with van der Waals surface area (Å²) in [5.41, 5.74) is 1.13. The minimum Gasteiger partial charge on any atom is -0.478 e. The molecule has 3 nitrogen and oxygen atoms in total. The molecule has 0 heterocycles. The van der Waals surface area contributed by atoms with E-state index in [0.29, 0.717) is 12.1 Å².